The van der Waals surface area contributed by atoms with Gasteiger partial charge in [-0.1, -0.05) is 6.07 Å². The summed E-state index contributed by atoms with van der Waals surface area (Å²) in [6.45, 7) is 4.67. The van der Waals surface area contributed by atoms with Crippen molar-refractivity contribution in [3.63, 3.8) is 0 Å². The van der Waals surface area contributed by atoms with Crippen LogP contribution in [0.2, 0.25) is 0 Å². The summed E-state index contributed by atoms with van der Waals surface area (Å²) in [7, 11) is 0. The molecular formula is C20H29N3O. The van der Waals surface area contributed by atoms with E-state index in [0.29, 0.717) is 12.1 Å². The molecule has 4 heteroatoms. The van der Waals surface area contributed by atoms with Gasteiger partial charge in [-0.05, 0) is 67.7 Å². The lowest BCUT2D eigenvalue weighted by atomic mass is 9.85. The third-order valence-electron chi connectivity index (χ3n) is 5.93. The van der Waals surface area contributed by atoms with Gasteiger partial charge in [-0.3, -0.25) is 4.79 Å². The number of carbonyl (C=O) groups excluding carboxylic acids is 1. The molecule has 1 amide bonds. The van der Waals surface area contributed by atoms with E-state index >= 15 is 0 Å². The molecule has 130 valence electrons. The molecule has 3 aliphatic rings. The molecule has 0 radical (unpaired) electrons. The lowest BCUT2D eigenvalue weighted by Crippen LogP contribution is -2.51. The van der Waals surface area contributed by atoms with Gasteiger partial charge in [0.25, 0.3) is 0 Å². The number of rotatable bonds is 4. The van der Waals surface area contributed by atoms with E-state index in [1.165, 1.54) is 49.8 Å². The lowest BCUT2D eigenvalue weighted by Gasteiger charge is -2.37. The lowest BCUT2D eigenvalue weighted by molar-refractivity contribution is -0.118. The summed E-state index contributed by atoms with van der Waals surface area (Å²) in [4.78, 5) is 13.8. The fourth-order valence-corrected chi connectivity index (χ4v) is 4.82. The van der Waals surface area contributed by atoms with Crippen LogP contribution in [0, 0.1) is 0 Å². The molecule has 1 aromatic carbocycles. The van der Waals surface area contributed by atoms with Crippen molar-refractivity contribution in [2.75, 3.05) is 24.5 Å². The SMILES string of the molecule is CC(=O)NCCc1ccc(N2CC3CCC(C2)N3)c2c1CCCC2. The van der Waals surface area contributed by atoms with Crippen molar-refractivity contribution in [3.05, 3.63) is 28.8 Å². The summed E-state index contributed by atoms with van der Waals surface area (Å²) >= 11 is 0. The van der Waals surface area contributed by atoms with Crippen molar-refractivity contribution in [2.45, 2.75) is 64.0 Å². The van der Waals surface area contributed by atoms with E-state index < -0.39 is 0 Å². The van der Waals surface area contributed by atoms with Crippen LogP contribution in [0.15, 0.2) is 12.1 Å². The van der Waals surface area contributed by atoms with Gasteiger partial charge in [-0.15, -0.1) is 0 Å². The Morgan fingerprint density at radius 3 is 2.58 bits per heavy atom. The molecule has 1 aromatic rings. The van der Waals surface area contributed by atoms with Crippen molar-refractivity contribution in [3.8, 4) is 0 Å². The van der Waals surface area contributed by atoms with Gasteiger partial charge >= 0.3 is 0 Å². The highest BCUT2D eigenvalue weighted by Crippen LogP contribution is 2.35. The predicted molar refractivity (Wildman–Crippen MR) is 97.6 cm³/mol. The molecule has 2 bridgehead atoms. The van der Waals surface area contributed by atoms with Crippen LogP contribution >= 0.6 is 0 Å². The van der Waals surface area contributed by atoms with Gasteiger partial charge in [0.05, 0.1) is 0 Å². The Bertz CT molecular complexity index is 616. The second kappa shape index (κ2) is 6.75. The zero-order valence-corrected chi connectivity index (χ0v) is 14.7. The Morgan fingerprint density at radius 2 is 1.88 bits per heavy atom. The van der Waals surface area contributed by atoms with Crippen molar-refractivity contribution in [1.82, 2.24) is 10.6 Å². The highest BCUT2D eigenvalue weighted by Gasteiger charge is 2.33. The van der Waals surface area contributed by atoms with Crippen molar-refractivity contribution in [2.24, 2.45) is 0 Å². The number of hydrogen-bond donors (Lipinski definition) is 2. The van der Waals surface area contributed by atoms with E-state index in [2.05, 4.69) is 27.7 Å². The Labute approximate surface area is 145 Å². The summed E-state index contributed by atoms with van der Waals surface area (Å²) in [6.07, 6.45) is 8.66. The fourth-order valence-electron chi connectivity index (χ4n) is 4.82. The smallest absolute Gasteiger partial charge is 0.216 e. The number of anilines is 1. The first-order valence-corrected chi connectivity index (χ1v) is 9.60. The molecule has 2 atom stereocenters. The van der Waals surface area contributed by atoms with Crippen LogP contribution in [0.5, 0.6) is 0 Å². The summed E-state index contributed by atoms with van der Waals surface area (Å²) in [6, 6.07) is 6.05. The van der Waals surface area contributed by atoms with E-state index in [4.69, 9.17) is 0 Å². The second-order valence-corrected chi connectivity index (χ2v) is 7.68. The molecule has 0 saturated carbocycles. The van der Waals surface area contributed by atoms with Gasteiger partial charge in [-0.25, -0.2) is 0 Å². The summed E-state index contributed by atoms with van der Waals surface area (Å²) in [5.41, 5.74) is 6.12. The van der Waals surface area contributed by atoms with E-state index in [1.807, 2.05) is 0 Å². The largest absolute Gasteiger partial charge is 0.368 e. The average Bonchev–Trinajstić information content (AvgIpc) is 2.92. The molecule has 0 aromatic heterocycles. The van der Waals surface area contributed by atoms with Gasteiger partial charge in [0, 0.05) is 44.3 Å². The quantitative estimate of drug-likeness (QED) is 0.891. The molecule has 2 aliphatic heterocycles. The van der Waals surface area contributed by atoms with E-state index in [9.17, 15) is 4.79 Å². The van der Waals surface area contributed by atoms with Gasteiger partial charge in [0.2, 0.25) is 5.91 Å². The molecule has 2 N–H and O–H groups in total. The van der Waals surface area contributed by atoms with E-state index in [0.717, 1.165) is 26.1 Å². The Morgan fingerprint density at radius 1 is 1.17 bits per heavy atom. The molecular weight excluding hydrogens is 298 g/mol. The van der Waals surface area contributed by atoms with Crippen LogP contribution in [0.4, 0.5) is 5.69 Å². The Balaban J connectivity index is 1.58. The minimum absolute atomic E-state index is 0.0665. The standard InChI is InChI=1S/C20H29N3O/c1-14(24)21-11-10-15-6-9-20(19-5-3-2-4-18(15)19)23-12-16-7-8-17(13-23)22-16/h6,9,16-17,22H,2-5,7-8,10-13H2,1H3,(H,21,24). The Kier molecular flexibility index (Phi) is 4.49. The average molecular weight is 327 g/mol. The number of benzene rings is 1. The molecule has 1 aliphatic carbocycles. The number of carbonyl (C=O) groups is 1. The van der Waals surface area contributed by atoms with Crippen LogP contribution in [-0.4, -0.2) is 37.6 Å². The van der Waals surface area contributed by atoms with Crippen LogP contribution in [-0.2, 0) is 24.1 Å². The normalized spacial score (nSPS) is 25.5. The first kappa shape index (κ1) is 15.9. The van der Waals surface area contributed by atoms with Gasteiger partial charge in [-0.2, -0.15) is 0 Å². The number of nitrogens with zero attached hydrogens (tertiary/aromatic N) is 1. The molecule has 2 saturated heterocycles. The summed E-state index contributed by atoms with van der Waals surface area (Å²) < 4.78 is 0. The van der Waals surface area contributed by atoms with Crippen molar-refractivity contribution >= 4 is 11.6 Å². The van der Waals surface area contributed by atoms with E-state index in [1.54, 1.807) is 18.1 Å². The molecule has 4 nitrogen and oxygen atoms in total. The van der Waals surface area contributed by atoms with Crippen LogP contribution in [0.3, 0.4) is 0 Å². The molecule has 2 heterocycles. The predicted octanol–water partition coefficient (Wildman–Crippen LogP) is 2.18. The number of hydrogen-bond acceptors (Lipinski definition) is 3. The van der Waals surface area contributed by atoms with Gasteiger partial charge in [0.1, 0.15) is 0 Å². The number of piperazine rings is 1. The monoisotopic (exact) mass is 327 g/mol. The second-order valence-electron chi connectivity index (χ2n) is 7.68. The zero-order valence-electron chi connectivity index (χ0n) is 14.7. The maximum atomic E-state index is 11.1. The molecule has 2 unspecified atom stereocenters. The summed E-state index contributed by atoms with van der Waals surface area (Å²) in [5.74, 6) is 0.0665. The highest BCUT2D eigenvalue weighted by molar-refractivity contribution is 5.72. The first-order chi connectivity index (χ1) is 11.7. The third kappa shape index (κ3) is 3.16. The number of fused-ring (bicyclic) bond motifs is 3. The van der Waals surface area contributed by atoms with Gasteiger partial charge < -0.3 is 15.5 Å². The molecule has 4 rings (SSSR count). The maximum absolute atomic E-state index is 11.1. The third-order valence-corrected chi connectivity index (χ3v) is 5.93. The summed E-state index contributed by atoms with van der Waals surface area (Å²) in [5, 5.41) is 6.68. The molecule has 2 fully saturated rings. The Hall–Kier alpha value is -1.55. The van der Waals surface area contributed by atoms with Crippen molar-refractivity contribution < 1.29 is 4.79 Å². The maximum Gasteiger partial charge on any atom is 0.216 e. The van der Waals surface area contributed by atoms with Crippen molar-refractivity contribution in [1.29, 1.82) is 0 Å². The number of nitrogens with one attached hydrogen (secondary N) is 2. The molecule has 0 spiro atoms. The van der Waals surface area contributed by atoms with Crippen LogP contribution in [0.25, 0.3) is 0 Å². The zero-order chi connectivity index (χ0) is 16.5. The minimum Gasteiger partial charge on any atom is -0.368 e. The molecule has 24 heavy (non-hydrogen) atoms. The van der Waals surface area contributed by atoms with Crippen LogP contribution < -0.4 is 15.5 Å². The minimum atomic E-state index is 0.0665. The number of amides is 1. The van der Waals surface area contributed by atoms with Gasteiger partial charge in [0.15, 0.2) is 0 Å². The first-order valence-electron chi connectivity index (χ1n) is 9.60. The topological polar surface area (TPSA) is 44.4 Å². The highest BCUT2D eigenvalue weighted by atomic mass is 16.1. The van der Waals surface area contributed by atoms with E-state index in [-0.39, 0.29) is 5.91 Å². The van der Waals surface area contributed by atoms with Crippen LogP contribution in [0.1, 0.15) is 49.3 Å². The fraction of sp³-hybridized carbons (Fsp3) is 0.650.